The van der Waals surface area contributed by atoms with E-state index in [9.17, 15) is 15.2 Å². The number of hydrogen-bond acceptors (Lipinski definition) is 4. The molecule has 0 atom stereocenters. The summed E-state index contributed by atoms with van der Waals surface area (Å²) in [5, 5.41) is 19.9. The lowest BCUT2D eigenvalue weighted by Gasteiger charge is -2.07. The lowest BCUT2D eigenvalue weighted by atomic mass is 10.2. The van der Waals surface area contributed by atoms with Crippen LogP contribution in [0.3, 0.4) is 0 Å². The molecule has 3 aromatic rings. The molecule has 0 fully saturated rings. The normalized spacial score (nSPS) is 10.5. The summed E-state index contributed by atoms with van der Waals surface area (Å²) >= 11 is 5.99. The van der Waals surface area contributed by atoms with Crippen molar-refractivity contribution < 1.29 is 14.6 Å². The molecule has 2 aromatic carbocycles. The zero-order valence-corrected chi connectivity index (χ0v) is 13.5. The zero-order valence-electron chi connectivity index (χ0n) is 12.8. The molecule has 0 aliphatic heterocycles. The van der Waals surface area contributed by atoms with Crippen LogP contribution in [0.2, 0.25) is 5.02 Å². The van der Waals surface area contributed by atoms with E-state index in [-0.39, 0.29) is 16.7 Å². The Kier molecular flexibility index (Phi) is 4.15. The van der Waals surface area contributed by atoms with Gasteiger partial charge in [0.2, 0.25) is 0 Å². The first kappa shape index (κ1) is 15.9. The summed E-state index contributed by atoms with van der Waals surface area (Å²) in [4.78, 5) is 11.7. The zero-order chi connectivity index (χ0) is 17.3. The van der Waals surface area contributed by atoms with Crippen molar-refractivity contribution in [1.29, 1.82) is 5.26 Å². The van der Waals surface area contributed by atoms with Crippen LogP contribution in [0.4, 0.5) is 0 Å². The van der Waals surface area contributed by atoms with E-state index < -0.39 is 0 Å². The number of halogens is 1. The van der Waals surface area contributed by atoms with E-state index in [1.165, 1.54) is 6.07 Å². The molecule has 6 heteroatoms. The number of fused-ring (bicyclic) bond motifs is 1. The molecule has 0 aliphatic carbocycles. The first-order chi connectivity index (χ1) is 11.5. The van der Waals surface area contributed by atoms with E-state index in [1.807, 2.05) is 0 Å². The van der Waals surface area contributed by atoms with Crippen molar-refractivity contribution in [3.63, 3.8) is 0 Å². The average Bonchev–Trinajstić information content (AvgIpc) is 2.93. The first-order valence-electron chi connectivity index (χ1n) is 7.26. The molecule has 0 saturated carbocycles. The molecule has 0 saturated heterocycles. The smallest absolute Gasteiger partial charge is 0.338 e. The van der Waals surface area contributed by atoms with Crippen LogP contribution in [-0.4, -0.2) is 22.2 Å². The van der Waals surface area contributed by atoms with Crippen LogP contribution in [0, 0.1) is 11.3 Å². The van der Waals surface area contributed by atoms with Crippen molar-refractivity contribution in [1.82, 2.24) is 4.57 Å². The number of esters is 1. The fourth-order valence-corrected chi connectivity index (χ4v) is 2.67. The highest BCUT2D eigenvalue weighted by Gasteiger charge is 2.13. The van der Waals surface area contributed by atoms with Gasteiger partial charge in [-0.15, -0.1) is 0 Å². The highest BCUT2D eigenvalue weighted by Crippen LogP contribution is 2.33. The van der Waals surface area contributed by atoms with E-state index in [1.54, 1.807) is 48.0 Å². The van der Waals surface area contributed by atoms with Gasteiger partial charge in [-0.2, -0.15) is 5.26 Å². The SMILES string of the molecule is CCOC(=O)c1ccc(-n2cc(C#N)c3cc(O)c(Cl)cc32)cc1. The number of aromatic nitrogens is 1. The molecule has 3 rings (SSSR count). The molecule has 0 radical (unpaired) electrons. The second-order valence-corrected chi connectivity index (χ2v) is 5.52. The number of nitrogens with zero attached hydrogens (tertiary/aromatic N) is 2. The van der Waals surface area contributed by atoms with E-state index in [0.717, 1.165) is 5.69 Å². The largest absolute Gasteiger partial charge is 0.506 e. The van der Waals surface area contributed by atoms with Gasteiger partial charge >= 0.3 is 5.97 Å². The number of phenols is 1. The van der Waals surface area contributed by atoms with Gasteiger partial charge < -0.3 is 14.4 Å². The minimum Gasteiger partial charge on any atom is -0.506 e. The third-order valence-electron chi connectivity index (χ3n) is 3.65. The predicted octanol–water partition coefficient (Wildman–Crippen LogP) is 4.04. The maximum atomic E-state index is 11.7. The van der Waals surface area contributed by atoms with Crippen LogP contribution < -0.4 is 0 Å². The number of aromatic hydroxyl groups is 1. The molecule has 120 valence electrons. The molecular formula is C18H13ClN2O3. The standard InChI is InChI=1S/C18H13ClN2O3/c1-2-24-18(23)11-3-5-13(6-4-11)21-10-12(9-20)14-7-17(22)15(19)8-16(14)21/h3-8,10,22H,2H2,1H3. The van der Waals surface area contributed by atoms with Crippen LogP contribution in [0.5, 0.6) is 5.75 Å². The van der Waals surface area contributed by atoms with Gasteiger partial charge in [0.05, 0.1) is 28.3 Å². The summed E-state index contributed by atoms with van der Waals surface area (Å²) < 4.78 is 6.75. The topological polar surface area (TPSA) is 75.2 Å². The van der Waals surface area contributed by atoms with Crippen LogP contribution in [-0.2, 0) is 4.74 Å². The Morgan fingerprint density at radius 1 is 1.33 bits per heavy atom. The second kappa shape index (κ2) is 6.26. The van der Waals surface area contributed by atoms with Crippen molar-refractivity contribution in [2.75, 3.05) is 6.61 Å². The molecule has 0 bridgehead atoms. The van der Waals surface area contributed by atoms with Crippen molar-refractivity contribution in [3.05, 3.63) is 58.7 Å². The maximum Gasteiger partial charge on any atom is 0.338 e. The Morgan fingerprint density at radius 2 is 2.04 bits per heavy atom. The summed E-state index contributed by atoms with van der Waals surface area (Å²) in [6, 6.07) is 12.0. The lowest BCUT2D eigenvalue weighted by Crippen LogP contribution is -2.04. The van der Waals surface area contributed by atoms with E-state index in [2.05, 4.69) is 6.07 Å². The summed E-state index contributed by atoms with van der Waals surface area (Å²) in [7, 11) is 0. The quantitative estimate of drug-likeness (QED) is 0.730. The minimum absolute atomic E-state index is 0.0731. The van der Waals surface area contributed by atoms with E-state index in [0.29, 0.717) is 28.6 Å². The van der Waals surface area contributed by atoms with E-state index in [4.69, 9.17) is 16.3 Å². The van der Waals surface area contributed by atoms with Gasteiger partial charge in [0.15, 0.2) is 0 Å². The summed E-state index contributed by atoms with van der Waals surface area (Å²) in [5.74, 6) is -0.455. The Hall–Kier alpha value is -2.97. The highest BCUT2D eigenvalue weighted by molar-refractivity contribution is 6.32. The molecule has 0 amide bonds. The van der Waals surface area contributed by atoms with Gasteiger partial charge in [-0.1, -0.05) is 11.6 Å². The number of ether oxygens (including phenoxy) is 1. The number of benzene rings is 2. The van der Waals surface area contributed by atoms with Gasteiger partial charge in [0.1, 0.15) is 11.8 Å². The molecule has 1 aromatic heterocycles. The van der Waals surface area contributed by atoms with Crippen molar-refractivity contribution in [3.8, 4) is 17.5 Å². The van der Waals surface area contributed by atoms with Crippen molar-refractivity contribution in [2.24, 2.45) is 0 Å². The third kappa shape index (κ3) is 2.68. The minimum atomic E-state index is -0.382. The van der Waals surface area contributed by atoms with Gasteiger partial charge in [-0.3, -0.25) is 0 Å². The van der Waals surface area contributed by atoms with Crippen LogP contribution in [0.15, 0.2) is 42.6 Å². The summed E-state index contributed by atoms with van der Waals surface area (Å²) in [5.41, 5.74) is 2.33. The second-order valence-electron chi connectivity index (χ2n) is 5.11. The molecule has 1 N–H and O–H groups in total. The Bertz CT molecular complexity index is 969. The van der Waals surface area contributed by atoms with Crippen LogP contribution >= 0.6 is 11.6 Å². The molecular weight excluding hydrogens is 328 g/mol. The fourth-order valence-electron chi connectivity index (χ4n) is 2.51. The fraction of sp³-hybridized carbons (Fsp3) is 0.111. The van der Waals surface area contributed by atoms with Gasteiger partial charge in [0.25, 0.3) is 0 Å². The first-order valence-corrected chi connectivity index (χ1v) is 7.64. The summed E-state index contributed by atoms with van der Waals surface area (Å²) in [6.07, 6.45) is 1.67. The molecule has 5 nitrogen and oxygen atoms in total. The van der Waals surface area contributed by atoms with Crippen molar-refractivity contribution in [2.45, 2.75) is 6.92 Å². The monoisotopic (exact) mass is 340 g/mol. The van der Waals surface area contributed by atoms with Gasteiger partial charge in [-0.05, 0) is 43.3 Å². The highest BCUT2D eigenvalue weighted by atomic mass is 35.5. The average molecular weight is 341 g/mol. The molecule has 0 unspecified atom stereocenters. The summed E-state index contributed by atoms with van der Waals surface area (Å²) in [6.45, 7) is 2.07. The number of carbonyl (C=O) groups excluding carboxylic acids is 1. The number of nitriles is 1. The molecule has 0 aliphatic rings. The van der Waals surface area contributed by atoms with E-state index >= 15 is 0 Å². The molecule has 0 spiro atoms. The van der Waals surface area contributed by atoms with Gasteiger partial charge in [0, 0.05) is 17.3 Å². The Morgan fingerprint density at radius 3 is 2.67 bits per heavy atom. The third-order valence-corrected chi connectivity index (χ3v) is 3.95. The van der Waals surface area contributed by atoms with Crippen LogP contribution in [0.1, 0.15) is 22.8 Å². The number of rotatable bonds is 3. The number of carbonyl (C=O) groups is 1. The van der Waals surface area contributed by atoms with Crippen molar-refractivity contribution >= 4 is 28.5 Å². The van der Waals surface area contributed by atoms with Gasteiger partial charge in [-0.25, -0.2) is 4.79 Å². The Balaban J connectivity index is 2.11. The maximum absolute atomic E-state index is 11.7. The lowest BCUT2D eigenvalue weighted by molar-refractivity contribution is 0.0526. The molecule has 1 heterocycles. The molecule has 24 heavy (non-hydrogen) atoms. The van der Waals surface area contributed by atoms with Crippen LogP contribution in [0.25, 0.3) is 16.6 Å². The predicted molar refractivity (Wildman–Crippen MR) is 90.6 cm³/mol. The number of phenolic OH excluding ortho intramolecular Hbond substituents is 1. The number of hydrogen-bond donors (Lipinski definition) is 1. The Labute approximate surface area is 143 Å².